The monoisotopic (exact) mass is 414 g/mol. The Labute approximate surface area is 152 Å². The number of fused-ring (bicyclic) bond motifs is 2. The lowest BCUT2D eigenvalue weighted by Gasteiger charge is -2.41. The van der Waals surface area contributed by atoms with Crippen LogP contribution < -0.4 is 0 Å². The van der Waals surface area contributed by atoms with Gasteiger partial charge in [-0.3, -0.25) is 4.79 Å². The number of hydrogen-bond donors (Lipinski definition) is 0. The molecule has 0 amide bonds. The van der Waals surface area contributed by atoms with Crippen LogP contribution in [0.5, 0.6) is 0 Å². The van der Waals surface area contributed by atoms with Gasteiger partial charge in [0.1, 0.15) is 0 Å². The molecule has 0 radical (unpaired) electrons. The van der Waals surface area contributed by atoms with Gasteiger partial charge >= 0.3 is 0 Å². The van der Waals surface area contributed by atoms with Crippen LogP contribution in [0.4, 0.5) is 0 Å². The summed E-state index contributed by atoms with van der Waals surface area (Å²) in [4.78, 5) is 12.5. The molecule has 9 heteroatoms. The van der Waals surface area contributed by atoms with Gasteiger partial charge in [-0.2, -0.15) is 0 Å². The molecule has 2 aliphatic carbocycles. The molecular weight excluding hydrogens is 405 g/mol. The van der Waals surface area contributed by atoms with Crippen molar-refractivity contribution in [2.75, 3.05) is 13.2 Å². The van der Waals surface area contributed by atoms with Gasteiger partial charge in [-0.15, -0.1) is 0 Å². The Kier molecular flexibility index (Phi) is 5.72. The highest BCUT2D eigenvalue weighted by Crippen LogP contribution is 2.46. The minimum absolute atomic E-state index is 0.184. The zero-order valence-electron chi connectivity index (χ0n) is 10.6. The van der Waals surface area contributed by atoms with Crippen molar-refractivity contribution in [2.24, 2.45) is 11.8 Å². The van der Waals surface area contributed by atoms with Crippen LogP contribution in [-0.2, 0) is 14.3 Å². The molecule has 0 aromatic rings. The minimum atomic E-state index is -1.67. The van der Waals surface area contributed by atoms with Crippen LogP contribution in [-0.4, -0.2) is 32.4 Å². The highest BCUT2D eigenvalue weighted by Gasteiger charge is 2.54. The van der Waals surface area contributed by atoms with E-state index in [1.165, 1.54) is 0 Å². The van der Waals surface area contributed by atoms with Crippen LogP contribution in [0.3, 0.4) is 0 Å². The largest absolute Gasteiger partial charge is 0.339 e. The first-order chi connectivity index (χ1) is 9.52. The molecule has 2 bridgehead atoms. The van der Waals surface area contributed by atoms with E-state index in [-0.39, 0.29) is 37.3 Å². The molecule has 2 rings (SSSR count). The Bertz CT molecular complexity index is 421. The summed E-state index contributed by atoms with van der Waals surface area (Å²) in [6.45, 7) is -0.615. The minimum Gasteiger partial charge on any atom is -0.339 e. The first kappa shape index (κ1) is 18.4. The summed E-state index contributed by atoms with van der Waals surface area (Å²) in [5.41, 5.74) is 0. The summed E-state index contributed by atoms with van der Waals surface area (Å²) in [6, 6.07) is 0. The molecule has 0 saturated heterocycles. The van der Waals surface area contributed by atoms with E-state index >= 15 is 0 Å². The zero-order valence-corrected chi connectivity index (χ0v) is 15.2. The van der Waals surface area contributed by atoms with Crippen molar-refractivity contribution in [1.29, 1.82) is 0 Å². The molecule has 21 heavy (non-hydrogen) atoms. The van der Waals surface area contributed by atoms with Crippen LogP contribution in [0.1, 0.15) is 12.8 Å². The molecule has 0 unspecified atom stereocenters. The molecule has 0 spiro atoms. The highest BCUT2D eigenvalue weighted by atomic mass is 35.6. The normalized spacial score (nSPS) is 28.2. The second-order valence-electron chi connectivity index (χ2n) is 5.09. The third-order valence-corrected chi connectivity index (χ3v) is 4.05. The maximum atomic E-state index is 12.5. The Hall–Kier alpha value is 1.07. The van der Waals surface area contributed by atoms with E-state index in [9.17, 15) is 4.79 Å². The number of allylic oxidation sites excluding steroid dienone is 1. The quantitative estimate of drug-likeness (QED) is 0.381. The fourth-order valence-corrected chi connectivity index (χ4v) is 2.92. The average molecular weight is 417 g/mol. The van der Waals surface area contributed by atoms with Gasteiger partial charge in [0, 0.05) is 12.3 Å². The number of halogens is 6. The van der Waals surface area contributed by atoms with Crippen molar-refractivity contribution in [3.05, 3.63) is 12.2 Å². The molecule has 1 saturated carbocycles. The van der Waals surface area contributed by atoms with E-state index in [1.807, 2.05) is 12.2 Å². The van der Waals surface area contributed by atoms with Crippen molar-refractivity contribution in [3.8, 4) is 0 Å². The molecule has 0 aliphatic heterocycles. The van der Waals surface area contributed by atoms with Crippen molar-refractivity contribution >= 4 is 75.4 Å². The van der Waals surface area contributed by atoms with Crippen LogP contribution in [0.15, 0.2) is 12.2 Å². The molecule has 120 valence electrons. The Morgan fingerprint density at radius 2 is 1.57 bits per heavy atom. The Balaban J connectivity index is 2.20. The lowest BCUT2D eigenvalue weighted by Crippen LogP contribution is -2.54. The van der Waals surface area contributed by atoms with E-state index in [4.69, 9.17) is 79.1 Å². The van der Waals surface area contributed by atoms with Gasteiger partial charge in [0.05, 0.1) is 13.2 Å². The second-order valence-corrected chi connectivity index (χ2v) is 10.1. The summed E-state index contributed by atoms with van der Waals surface area (Å²) in [5, 5.41) is 0. The number of carbonyl (C=O) groups excluding carboxylic acids is 1. The number of alkyl halides is 6. The Morgan fingerprint density at radius 3 is 2.05 bits per heavy atom. The first-order valence-corrected chi connectivity index (χ1v) is 8.42. The smallest absolute Gasteiger partial charge is 0.235 e. The van der Waals surface area contributed by atoms with Crippen molar-refractivity contribution in [2.45, 2.75) is 26.2 Å². The van der Waals surface area contributed by atoms with Crippen LogP contribution in [0, 0.1) is 11.8 Å². The summed E-state index contributed by atoms with van der Waals surface area (Å²) in [7, 11) is 0. The van der Waals surface area contributed by atoms with Crippen LogP contribution in [0.25, 0.3) is 0 Å². The summed E-state index contributed by atoms with van der Waals surface area (Å²) >= 11 is 34.2. The van der Waals surface area contributed by atoms with Crippen LogP contribution >= 0.6 is 69.6 Å². The summed E-state index contributed by atoms with van der Waals surface area (Å²) in [5.74, 6) is -1.92. The fourth-order valence-electron chi connectivity index (χ4n) is 2.59. The predicted molar refractivity (Wildman–Crippen MR) is 85.6 cm³/mol. The van der Waals surface area contributed by atoms with E-state index in [1.54, 1.807) is 0 Å². The number of Topliss-reactive ketones (excluding diaryl/α,β-unsaturated/α-hetero) is 1. The van der Waals surface area contributed by atoms with Crippen molar-refractivity contribution in [3.63, 3.8) is 0 Å². The van der Waals surface area contributed by atoms with Crippen molar-refractivity contribution < 1.29 is 14.3 Å². The maximum Gasteiger partial charge on any atom is 0.235 e. The van der Waals surface area contributed by atoms with Crippen molar-refractivity contribution in [1.82, 2.24) is 0 Å². The van der Waals surface area contributed by atoms with Gasteiger partial charge in [0.25, 0.3) is 0 Å². The fraction of sp³-hybridized carbons (Fsp3) is 0.750. The molecule has 2 aliphatic rings. The molecule has 0 aromatic heterocycles. The summed E-state index contributed by atoms with van der Waals surface area (Å²) < 4.78 is 7.81. The van der Waals surface area contributed by atoms with Gasteiger partial charge < -0.3 is 9.47 Å². The van der Waals surface area contributed by atoms with E-state index in [0.717, 1.165) is 0 Å². The number of hydrogen-bond acceptors (Lipinski definition) is 3. The predicted octanol–water partition coefficient (Wildman–Crippen LogP) is 4.62. The Morgan fingerprint density at radius 1 is 1.05 bits per heavy atom. The van der Waals surface area contributed by atoms with E-state index < -0.39 is 13.4 Å². The van der Waals surface area contributed by atoms with E-state index in [0.29, 0.717) is 6.42 Å². The molecule has 0 aromatic carbocycles. The third kappa shape index (κ3) is 4.77. The van der Waals surface area contributed by atoms with Crippen LogP contribution in [0.2, 0.25) is 0 Å². The van der Waals surface area contributed by atoms with Gasteiger partial charge in [0.2, 0.25) is 13.4 Å². The molecule has 3 nitrogen and oxygen atoms in total. The maximum absolute atomic E-state index is 12.5. The highest BCUT2D eigenvalue weighted by molar-refractivity contribution is 6.68. The van der Waals surface area contributed by atoms with Gasteiger partial charge in [-0.25, -0.2) is 0 Å². The SMILES string of the molecule is O=C1C[C@@H]2C=C[C@@H](C2)C1(OCC(Cl)(Cl)Cl)OCC(Cl)(Cl)Cl. The first-order valence-electron chi connectivity index (χ1n) is 6.15. The topological polar surface area (TPSA) is 35.5 Å². The molecule has 2 atom stereocenters. The molecular formula is C12H12Cl6O3. The third-order valence-electron chi connectivity index (χ3n) is 3.40. The number of ketones is 1. The molecule has 0 heterocycles. The average Bonchev–Trinajstić information content (AvgIpc) is 2.71. The number of carbonyl (C=O) groups is 1. The zero-order chi connectivity index (χ0) is 15.9. The lowest BCUT2D eigenvalue weighted by molar-refractivity contribution is -0.250. The van der Waals surface area contributed by atoms with Gasteiger partial charge in [-0.05, 0) is 12.3 Å². The van der Waals surface area contributed by atoms with E-state index in [2.05, 4.69) is 0 Å². The molecule has 1 fully saturated rings. The lowest BCUT2D eigenvalue weighted by atomic mass is 9.81. The summed E-state index contributed by atoms with van der Waals surface area (Å²) in [6.07, 6.45) is 4.83. The van der Waals surface area contributed by atoms with Gasteiger partial charge in [0.15, 0.2) is 5.78 Å². The second kappa shape index (κ2) is 6.52. The number of ether oxygens (including phenoxy) is 2. The van der Waals surface area contributed by atoms with Gasteiger partial charge in [-0.1, -0.05) is 81.8 Å². The standard InChI is InChI=1S/C12H12Cl6O3/c13-10(14,15)5-20-12(21-6-11(16,17)18)8-2-1-7(3-8)4-9(12)19/h1-2,7-8H,3-6H2/t7-,8+/m1/s1. The number of rotatable bonds is 4. The molecule has 0 N–H and O–H groups in total.